The van der Waals surface area contributed by atoms with Crippen LogP contribution in [0, 0.1) is 0 Å². The molecule has 0 spiro atoms. The summed E-state index contributed by atoms with van der Waals surface area (Å²) >= 11 is 1.71. The van der Waals surface area contributed by atoms with E-state index in [-0.39, 0.29) is 18.3 Å². The number of nitrogens with one attached hydrogen (secondary N) is 1. The molecular formula is C20H26ClN3OS. The van der Waals surface area contributed by atoms with Gasteiger partial charge in [-0.05, 0) is 75.4 Å². The lowest BCUT2D eigenvalue weighted by Gasteiger charge is -2.30. The highest BCUT2D eigenvalue weighted by Gasteiger charge is 2.28. The summed E-state index contributed by atoms with van der Waals surface area (Å²) in [5.41, 5.74) is 2.37. The summed E-state index contributed by atoms with van der Waals surface area (Å²) in [5, 5.41) is 3.46. The number of hydrogen-bond donors (Lipinski definition) is 1. The normalized spacial score (nSPS) is 19.3. The van der Waals surface area contributed by atoms with Gasteiger partial charge in [-0.25, -0.2) is 0 Å². The second-order valence-electron chi connectivity index (χ2n) is 7.00. The number of thiophene rings is 1. The highest BCUT2D eigenvalue weighted by Crippen LogP contribution is 2.32. The van der Waals surface area contributed by atoms with E-state index in [9.17, 15) is 4.79 Å². The third-order valence-corrected chi connectivity index (χ3v) is 6.49. The molecule has 0 bridgehead atoms. The molecular weight excluding hydrogens is 366 g/mol. The molecule has 4 nitrogen and oxygen atoms in total. The standard InChI is InChI=1S/C20H25N3OS.ClH/c24-20(19-13-15-5-3-8-18(15)25-19)23(14-16-6-1-2-11-22-16)17-7-4-10-21-12-9-17;/h1-2,6,11,13,17,21H,3-5,7-10,12,14H2;1H. The van der Waals surface area contributed by atoms with Gasteiger partial charge in [0, 0.05) is 17.1 Å². The van der Waals surface area contributed by atoms with Gasteiger partial charge in [0.05, 0.1) is 17.1 Å². The number of hydrogen-bond acceptors (Lipinski definition) is 4. The largest absolute Gasteiger partial charge is 0.329 e. The Kier molecular flexibility index (Phi) is 6.68. The number of carbonyl (C=O) groups excluding carboxylic acids is 1. The molecule has 4 rings (SSSR count). The lowest BCUT2D eigenvalue weighted by atomic mass is 10.1. The van der Waals surface area contributed by atoms with Gasteiger partial charge < -0.3 is 10.2 Å². The number of nitrogens with zero attached hydrogens (tertiary/aromatic N) is 2. The van der Waals surface area contributed by atoms with E-state index in [2.05, 4.69) is 21.3 Å². The van der Waals surface area contributed by atoms with E-state index in [0.717, 1.165) is 55.8 Å². The number of rotatable bonds is 4. The van der Waals surface area contributed by atoms with Gasteiger partial charge in [0.15, 0.2) is 0 Å². The summed E-state index contributed by atoms with van der Waals surface area (Å²) in [4.78, 5) is 22.2. The van der Waals surface area contributed by atoms with Gasteiger partial charge in [-0.15, -0.1) is 23.7 Å². The van der Waals surface area contributed by atoms with Crippen molar-refractivity contribution < 1.29 is 4.79 Å². The molecule has 2 aromatic heterocycles. The van der Waals surface area contributed by atoms with Crippen LogP contribution in [0.4, 0.5) is 0 Å². The van der Waals surface area contributed by atoms with Gasteiger partial charge in [-0.1, -0.05) is 6.07 Å². The summed E-state index contributed by atoms with van der Waals surface area (Å²) in [6, 6.07) is 8.38. The third kappa shape index (κ3) is 4.27. The molecule has 1 atom stereocenters. The van der Waals surface area contributed by atoms with E-state index in [1.165, 1.54) is 16.9 Å². The van der Waals surface area contributed by atoms with Gasteiger partial charge in [-0.2, -0.15) is 0 Å². The van der Waals surface area contributed by atoms with Crippen LogP contribution in [-0.2, 0) is 19.4 Å². The molecule has 3 heterocycles. The Morgan fingerprint density at radius 2 is 2.15 bits per heavy atom. The zero-order valence-corrected chi connectivity index (χ0v) is 16.6. The molecule has 2 aromatic rings. The van der Waals surface area contributed by atoms with Crippen molar-refractivity contribution in [1.29, 1.82) is 0 Å². The quantitative estimate of drug-likeness (QED) is 0.861. The zero-order chi connectivity index (χ0) is 17.1. The minimum absolute atomic E-state index is 0. The number of aryl methyl sites for hydroxylation is 2. The molecule has 1 aliphatic carbocycles. The van der Waals surface area contributed by atoms with Crippen LogP contribution in [0.1, 0.15) is 51.5 Å². The van der Waals surface area contributed by atoms with E-state index < -0.39 is 0 Å². The van der Waals surface area contributed by atoms with E-state index in [4.69, 9.17) is 0 Å². The van der Waals surface area contributed by atoms with Crippen LogP contribution >= 0.6 is 23.7 Å². The van der Waals surface area contributed by atoms with E-state index in [0.29, 0.717) is 12.6 Å². The fourth-order valence-corrected chi connectivity index (χ4v) is 5.13. The Morgan fingerprint density at radius 3 is 2.96 bits per heavy atom. The monoisotopic (exact) mass is 391 g/mol. The molecule has 0 saturated carbocycles. The smallest absolute Gasteiger partial charge is 0.264 e. The van der Waals surface area contributed by atoms with Crippen molar-refractivity contribution in [2.24, 2.45) is 0 Å². The summed E-state index contributed by atoms with van der Waals surface area (Å²) in [7, 11) is 0. The highest BCUT2D eigenvalue weighted by atomic mass is 35.5. The minimum Gasteiger partial charge on any atom is -0.329 e. The van der Waals surface area contributed by atoms with Gasteiger partial charge in [0.2, 0.25) is 0 Å². The van der Waals surface area contributed by atoms with Crippen LogP contribution in [0.25, 0.3) is 0 Å². The van der Waals surface area contributed by atoms with Crippen molar-refractivity contribution in [3.8, 4) is 0 Å². The second kappa shape index (κ2) is 8.98. The maximum Gasteiger partial charge on any atom is 0.264 e. The van der Waals surface area contributed by atoms with E-state index in [1.807, 2.05) is 24.4 Å². The van der Waals surface area contributed by atoms with Crippen molar-refractivity contribution in [2.45, 2.75) is 51.1 Å². The molecule has 0 aromatic carbocycles. The van der Waals surface area contributed by atoms with Crippen LogP contribution < -0.4 is 5.32 Å². The van der Waals surface area contributed by atoms with Crippen LogP contribution in [-0.4, -0.2) is 34.9 Å². The first-order valence-corrected chi connectivity index (χ1v) is 10.2. The molecule has 1 amide bonds. The number of halogens is 1. The molecule has 1 fully saturated rings. The Morgan fingerprint density at radius 1 is 1.23 bits per heavy atom. The van der Waals surface area contributed by atoms with Crippen LogP contribution in [0.5, 0.6) is 0 Å². The minimum atomic E-state index is 0. The predicted octanol–water partition coefficient (Wildman–Crippen LogP) is 3.84. The average molecular weight is 392 g/mol. The molecule has 6 heteroatoms. The summed E-state index contributed by atoms with van der Waals surface area (Å²) < 4.78 is 0. The van der Waals surface area contributed by atoms with Crippen molar-refractivity contribution in [2.75, 3.05) is 13.1 Å². The van der Waals surface area contributed by atoms with Gasteiger partial charge >= 0.3 is 0 Å². The maximum atomic E-state index is 13.4. The van der Waals surface area contributed by atoms with Gasteiger partial charge in [0.25, 0.3) is 5.91 Å². The molecule has 1 saturated heterocycles. The van der Waals surface area contributed by atoms with Crippen molar-refractivity contribution in [1.82, 2.24) is 15.2 Å². The fourth-order valence-electron chi connectivity index (χ4n) is 3.92. The lowest BCUT2D eigenvalue weighted by Crippen LogP contribution is -2.40. The molecule has 140 valence electrons. The highest BCUT2D eigenvalue weighted by molar-refractivity contribution is 7.14. The molecule has 1 unspecified atom stereocenters. The Labute approximate surface area is 165 Å². The fraction of sp³-hybridized carbons (Fsp3) is 0.500. The Balaban J connectivity index is 0.00000196. The number of carbonyl (C=O) groups is 1. The van der Waals surface area contributed by atoms with E-state index >= 15 is 0 Å². The summed E-state index contributed by atoms with van der Waals surface area (Å²) in [5.74, 6) is 0.192. The zero-order valence-electron chi connectivity index (χ0n) is 14.9. The van der Waals surface area contributed by atoms with Crippen LogP contribution in [0.3, 0.4) is 0 Å². The Hall–Kier alpha value is -1.43. The molecule has 0 radical (unpaired) electrons. The van der Waals surface area contributed by atoms with Crippen molar-refractivity contribution in [3.05, 3.63) is 51.5 Å². The molecule has 1 aliphatic heterocycles. The first-order valence-electron chi connectivity index (χ1n) is 9.34. The summed E-state index contributed by atoms with van der Waals surface area (Å²) in [6.45, 7) is 2.64. The van der Waals surface area contributed by atoms with Gasteiger partial charge in [0.1, 0.15) is 0 Å². The lowest BCUT2D eigenvalue weighted by molar-refractivity contribution is 0.0647. The van der Waals surface area contributed by atoms with Crippen LogP contribution in [0.15, 0.2) is 30.5 Å². The van der Waals surface area contributed by atoms with Crippen molar-refractivity contribution >= 4 is 29.7 Å². The predicted molar refractivity (Wildman–Crippen MR) is 108 cm³/mol. The third-order valence-electron chi connectivity index (χ3n) is 5.26. The van der Waals surface area contributed by atoms with Crippen molar-refractivity contribution in [3.63, 3.8) is 0 Å². The Bertz CT molecular complexity index is 704. The number of pyridine rings is 1. The van der Waals surface area contributed by atoms with E-state index in [1.54, 1.807) is 11.3 Å². The first-order chi connectivity index (χ1) is 12.3. The second-order valence-corrected chi connectivity index (χ2v) is 8.14. The number of fused-ring (bicyclic) bond motifs is 1. The molecule has 1 N–H and O–H groups in total. The first kappa shape index (κ1) is 19.3. The SMILES string of the molecule is Cl.O=C(c1cc2c(s1)CCC2)N(Cc1ccccn1)C1CCCNCC1. The molecule has 26 heavy (non-hydrogen) atoms. The van der Waals surface area contributed by atoms with Gasteiger partial charge in [-0.3, -0.25) is 9.78 Å². The maximum absolute atomic E-state index is 13.4. The average Bonchev–Trinajstić information content (AvgIpc) is 3.13. The number of aromatic nitrogens is 1. The summed E-state index contributed by atoms with van der Waals surface area (Å²) in [6.07, 6.45) is 8.53. The molecule has 2 aliphatic rings. The topological polar surface area (TPSA) is 45.2 Å². The van der Waals surface area contributed by atoms with Crippen LogP contribution in [0.2, 0.25) is 0 Å². The number of amides is 1.